The van der Waals surface area contributed by atoms with Gasteiger partial charge in [0.05, 0.1) is 23.4 Å². The lowest BCUT2D eigenvalue weighted by Gasteiger charge is -2.14. The van der Waals surface area contributed by atoms with E-state index in [1.165, 1.54) is 23.5 Å². The van der Waals surface area contributed by atoms with Crippen LogP contribution in [0.2, 0.25) is 0 Å². The number of hydrogen-bond acceptors (Lipinski definition) is 4. The fourth-order valence-electron chi connectivity index (χ4n) is 3.05. The molecular weight excluding hydrogens is 425 g/mol. The van der Waals surface area contributed by atoms with E-state index >= 15 is 0 Å². The third-order valence-electron chi connectivity index (χ3n) is 4.57. The molecule has 4 nitrogen and oxygen atoms in total. The van der Waals surface area contributed by atoms with Crippen LogP contribution in [0.3, 0.4) is 0 Å². The lowest BCUT2D eigenvalue weighted by Crippen LogP contribution is -2.31. The quantitative estimate of drug-likeness (QED) is 0.446. The van der Waals surface area contributed by atoms with Crippen molar-refractivity contribution in [2.24, 2.45) is 0 Å². The minimum atomic E-state index is -4.50. The van der Waals surface area contributed by atoms with Crippen LogP contribution < -0.4 is 0 Å². The molecule has 0 saturated heterocycles. The van der Waals surface area contributed by atoms with Gasteiger partial charge in [-0.1, -0.05) is 30.0 Å². The minimum absolute atomic E-state index is 0.0163. The number of pyridine rings is 1. The predicted molar refractivity (Wildman–Crippen MR) is 109 cm³/mol. The molecule has 1 aromatic carbocycles. The molecule has 2 amide bonds. The van der Waals surface area contributed by atoms with Gasteiger partial charge in [-0.25, -0.2) is 0 Å². The van der Waals surface area contributed by atoms with Crippen LogP contribution in [-0.2, 0) is 22.3 Å². The highest BCUT2D eigenvalue weighted by molar-refractivity contribution is 7.08. The van der Waals surface area contributed by atoms with Gasteiger partial charge >= 0.3 is 6.18 Å². The zero-order valence-corrected chi connectivity index (χ0v) is 16.6. The van der Waals surface area contributed by atoms with Gasteiger partial charge in [-0.2, -0.15) is 24.5 Å². The monoisotopic (exact) mass is 438 g/mol. The molecule has 0 unspecified atom stereocenters. The molecule has 0 fully saturated rings. The average Bonchev–Trinajstić information content (AvgIpc) is 3.35. The second-order valence-corrected chi connectivity index (χ2v) is 7.38. The standard InChI is InChI=1S/C23H13F3N2O2S/c24-23(25,26)17-7-5-16(6-8-17)20-19(9-4-15-10-12-31-14-15)21(29)28(22(20)30)13-18-3-1-2-11-27-18/h1-3,5-8,10-12,14H,13H2. The molecule has 3 aromatic rings. The molecule has 0 bridgehead atoms. The van der Waals surface area contributed by atoms with Gasteiger partial charge in [0, 0.05) is 17.1 Å². The van der Waals surface area contributed by atoms with Gasteiger partial charge in [-0.3, -0.25) is 19.5 Å². The summed E-state index contributed by atoms with van der Waals surface area (Å²) in [6.07, 6.45) is -2.96. The minimum Gasteiger partial charge on any atom is -0.269 e. The number of aromatic nitrogens is 1. The number of rotatable bonds is 3. The van der Waals surface area contributed by atoms with E-state index < -0.39 is 23.6 Å². The molecule has 1 aliphatic heterocycles. The van der Waals surface area contributed by atoms with E-state index in [0.717, 1.165) is 17.0 Å². The molecule has 0 saturated carbocycles. The Kier molecular flexibility index (Phi) is 5.44. The Morgan fingerprint density at radius 2 is 1.74 bits per heavy atom. The molecule has 1 aliphatic rings. The number of imide groups is 1. The van der Waals surface area contributed by atoms with Crippen LogP contribution in [0.25, 0.3) is 5.57 Å². The van der Waals surface area contributed by atoms with Crippen molar-refractivity contribution < 1.29 is 22.8 Å². The first-order valence-corrected chi connectivity index (χ1v) is 10.0. The van der Waals surface area contributed by atoms with Crippen molar-refractivity contribution in [3.05, 3.63) is 93.4 Å². The normalized spacial score (nSPS) is 14.1. The van der Waals surface area contributed by atoms with E-state index in [1.807, 2.05) is 5.38 Å². The Bertz CT molecular complexity index is 1220. The second kappa shape index (κ2) is 8.20. The Hall–Kier alpha value is -3.70. The molecule has 154 valence electrons. The zero-order chi connectivity index (χ0) is 22.0. The summed E-state index contributed by atoms with van der Waals surface area (Å²) in [6, 6.07) is 11.0. The molecule has 0 N–H and O–H groups in total. The van der Waals surface area contributed by atoms with E-state index in [1.54, 1.807) is 35.8 Å². The van der Waals surface area contributed by atoms with Gasteiger partial charge in [0.1, 0.15) is 5.57 Å². The maximum absolute atomic E-state index is 13.1. The van der Waals surface area contributed by atoms with Gasteiger partial charge < -0.3 is 0 Å². The summed E-state index contributed by atoms with van der Waals surface area (Å²) in [5, 5.41) is 3.61. The molecule has 3 heterocycles. The summed E-state index contributed by atoms with van der Waals surface area (Å²) >= 11 is 1.43. The number of carbonyl (C=O) groups excluding carboxylic acids is 2. The summed E-state index contributed by atoms with van der Waals surface area (Å²) in [5.41, 5.74) is 0.467. The summed E-state index contributed by atoms with van der Waals surface area (Å²) < 4.78 is 38.8. The van der Waals surface area contributed by atoms with Crippen molar-refractivity contribution in [2.45, 2.75) is 12.7 Å². The van der Waals surface area contributed by atoms with Crippen molar-refractivity contribution in [1.82, 2.24) is 9.88 Å². The zero-order valence-electron chi connectivity index (χ0n) is 15.8. The van der Waals surface area contributed by atoms with Crippen molar-refractivity contribution in [2.75, 3.05) is 0 Å². The topological polar surface area (TPSA) is 50.3 Å². The van der Waals surface area contributed by atoms with Gasteiger partial charge in [0.25, 0.3) is 11.8 Å². The first-order valence-electron chi connectivity index (χ1n) is 9.07. The number of alkyl halides is 3. The highest BCUT2D eigenvalue weighted by Gasteiger charge is 2.39. The summed E-state index contributed by atoms with van der Waals surface area (Å²) in [4.78, 5) is 31.3. The number of hydrogen-bond donors (Lipinski definition) is 0. The SMILES string of the molecule is O=C1C(C#Cc2ccsc2)=C(c2ccc(C(F)(F)F)cc2)C(=O)N1Cc1ccccn1. The Morgan fingerprint density at radius 3 is 2.35 bits per heavy atom. The summed E-state index contributed by atoms with van der Waals surface area (Å²) in [6.45, 7) is -0.0632. The number of halogens is 3. The van der Waals surface area contributed by atoms with Crippen molar-refractivity contribution in [3.63, 3.8) is 0 Å². The second-order valence-electron chi connectivity index (χ2n) is 6.60. The fourth-order valence-corrected chi connectivity index (χ4v) is 3.64. The Morgan fingerprint density at radius 1 is 0.968 bits per heavy atom. The van der Waals surface area contributed by atoms with Gasteiger partial charge in [0.15, 0.2) is 0 Å². The van der Waals surface area contributed by atoms with E-state index in [4.69, 9.17) is 0 Å². The first kappa shape index (κ1) is 20.6. The van der Waals surface area contributed by atoms with Gasteiger partial charge in [-0.15, -0.1) is 0 Å². The number of thiophene rings is 1. The molecule has 2 aromatic heterocycles. The summed E-state index contributed by atoms with van der Waals surface area (Å²) in [5.74, 6) is 4.38. The van der Waals surface area contributed by atoms with Crippen LogP contribution in [0.15, 0.2) is 71.1 Å². The molecule has 0 atom stereocenters. The van der Waals surface area contributed by atoms with Crippen LogP contribution >= 0.6 is 11.3 Å². The number of benzene rings is 1. The Labute approximate surface area is 179 Å². The molecule has 0 spiro atoms. The van der Waals surface area contributed by atoms with E-state index in [0.29, 0.717) is 11.3 Å². The highest BCUT2D eigenvalue weighted by Crippen LogP contribution is 2.33. The van der Waals surface area contributed by atoms with Gasteiger partial charge in [0.2, 0.25) is 0 Å². The fraction of sp³-hybridized carbons (Fsp3) is 0.0870. The van der Waals surface area contributed by atoms with Crippen LogP contribution in [0, 0.1) is 11.8 Å². The lowest BCUT2D eigenvalue weighted by molar-refractivity contribution is -0.138. The van der Waals surface area contributed by atoms with Gasteiger partial charge in [-0.05, 0) is 41.3 Å². The van der Waals surface area contributed by atoms with Crippen LogP contribution in [0.5, 0.6) is 0 Å². The maximum atomic E-state index is 13.1. The van der Waals surface area contributed by atoms with Crippen molar-refractivity contribution in [1.29, 1.82) is 0 Å². The highest BCUT2D eigenvalue weighted by atomic mass is 32.1. The smallest absolute Gasteiger partial charge is 0.269 e. The maximum Gasteiger partial charge on any atom is 0.416 e. The van der Waals surface area contributed by atoms with E-state index in [9.17, 15) is 22.8 Å². The third kappa shape index (κ3) is 4.27. The molecule has 0 aliphatic carbocycles. The van der Waals surface area contributed by atoms with Crippen LogP contribution in [-0.4, -0.2) is 21.7 Å². The van der Waals surface area contributed by atoms with Crippen LogP contribution in [0.1, 0.15) is 22.4 Å². The van der Waals surface area contributed by atoms with E-state index in [-0.39, 0.29) is 23.3 Å². The number of nitrogens with zero attached hydrogens (tertiary/aromatic N) is 2. The predicted octanol–water partition coefficient (Wildman–Crippen LogP) is 4.54. The van der Waals surface area contributed by atoms with Crippen molar-refractivity contribution >= 4 is 28.7 Å². The number of amides is 2. The Balaban J connectivity index is 1.76. The molecule has 8 heteroatoms. The third-order valence-corrected chi connectivity index (χ3v) is 5.25. The molecule has 31 heavy (non-hydrogen) atoms. The summed E-state index contributed by atoms with van der Waals surface area (Å²) in [7, 11) is 0. The van der Waals surface area contributed by atoms with E-state index in [2.05, 4.69) is 16.8 Å². The molecule has 4 rings (SSSR count). The molecular formula is C23H13F3N2O2S. The van der Waals surface area contributed by atoms with Crippen LogP contribution in [0.4, 0.5) is 13.2 Å². The lowest BCUT2D eigenvalue weighted by atomic mass is 10.00. The average molecular weight is 438 g/mol. The molecule has 0 radical (unpaired) electrons. The number of carbonyl (C=O) groups is 2. The first-order chi connectivity index (χ1) is 14.8. The largest absolute Gasteiger partial charge is 0.416 e. The van der Waals surface area contributed by atoms with Crippen molar-refractivity contribution in [3.8, 4) is 11.8 Å².